The fourth-order valence-corrected chi connectivity index (χ4v) is 3.20. The third kappa shape index (κ3) is 2.60. The van der Waals surface area contributed by atoms with Crippen LogP contribution < -0.4 is 5.73 Å². The maximum absolute atomic E-state index is 6.00. The molecule has 0 spiro atoms. The van der Waals surface area contributed by atoms with E-state index < -0.39 is 0 Å². The van der Waals surface area contributed by atoms with Gasteiger partial charge in [-0.25, -0.2) is 0 Å². The molecule has 0 aliphatic rings. The van der Waals surface area contributed by atoms with E-state index in [1.165, 1.54) is 10.6 Å². The SMILES string of the molecule is CCc1cc(CC)n(C(CN)c2ccc(Cl)s2)n1. The maximum atomic E-state index is 6.00. The van der Waals surface area contributed by atoms with Crippen molar-refractivity contribution in [3.8, 4) is 0 Å². The van der Waals surface area contributed by atoms with E-state index in [1.807, 2.05) is 12.1 Å². The van der Waals surface area contributed by atoms with Gasteiger partial charge >= 0.3 is 0 Å². The van der Waals surface area contributed by atoms with E-state index in [0.717, 1.165) is 22.9 Å². The molecule has 0 aliphatic heterocycles. The quantitative estimate of drug-likeness (QED) is 0.915. The topological polar surface area (TPSA) is 43.8 Å². The van der Waals surface area contributed by atoms with Gasteiger partial charge in [0.2, 0.25) is 0 Å². The van der Waals surface area contributed by atoms with Crippen molar-refractivity contribution < 1.29 is 0 Å². The number of aromatic nitrogens is 2. The van der Waals surface area contributed by atoms with Gasteiger partial charge in [-0.05, 0) is 31.0 Å². The van der Waals surface area contributed by atoms with E-state index in [4.69, 9.17) is 17.3 Å². The van der Waals surface area contributed by atoms with E-state index in [1.54, 1.807) is 11.3 Å². The molecule has 2 rings (SSSR count). The zero-order valence-corrected chi connectivity index (χ0v) is 12.3. The molecule has 0 aromatic carbocycles. The van der Waals surface area contributed by atoms with Crippen LogP contribution in [0.2, 0.25) is 4.34 Å². The third-order valence-corrected chi connectivity index (χ3v) is 4.36. The first kappa shape index (κ1) is 13.6. The lowest BCUT2D eigenvalue weighted by atomic mass is 10.2. The van der Waals surface area contributed by atoms with E-state index in [-0.39, 0.29) is 6.04 Å². The molecule has 2 N–H and O–H groups in total. The van der Waals surface area contributed by atoms with E-state index >= 15 is 0 Å². The number of thiophene rings is 1. The van der Waals surface area contributed by atoms with Crippen LogP contribution >= 0.6 is 22.9 Å². The van der Waals surface area contributed by atoms with E-state index in [2.05, 4.69) is 29.7 Å². The zero-order valence-electron chi connectivity index (χ0n) is 10.7. The minimum Gasteiger partial charge on any atom is -0.328 e. The lowest BCUT2D eigenvalue weighted by molar-refractivity contribution is 0.515. The number of hydrogen-bond acceptors (Lipinski definition) is 3. The highest BCUT2D eigenvalue weighted by Gasteiger charge is 2.18. The molecule has 0 saturated heterocycles. The Morgan fingerprint density at radius 3 is 2.67 bits per heavy atom. The summed E-state index contributed by atoms with van der Waals surface area (Å²) in [6.45, 7) is 4.79. The summed E-state index contributed by atoms with van der Waals surface area (Å²) in [5.74, 6) is 0. The van der Waals surface area contributed by atoms with Crippen LogP contribution in [0, 0.1) is 0 Å². The van der Waals surface area contributed by atoms with Gasteiger partial charge in [-0.3, -0.25) is 4.68 Å². The van der Waals surface area contributed by atoms with Crippen molar-refractivity contribution >= 4 is 22.9 Å². The second kappa shape index (κ2) is 5.87. The summed E-state index contributed by atoms with van der Waals surface area (Å²) in [6.07, 6.45) is 1.91. The van der Waals surface area contributed by atoms with Crippen molar-refractivity contribution in [2.45, 2.75) is 32.7 Å². The van der Waals surface area contributed by atoms with Gasteiger partial charge in [0.1, 0.15) is 0 Å². The Balaban J connectivity index is 2.40. The Kier molecular flexibility index (Phi) is 4.43. The fraction of sp³-hybridized carbons (Fsp3) is 0.462. The highest BCUT2D eigenvalue weighted by atomic mass is 35.5. The Bertz CT molecular complexity index is 518. The molecule has 0 saturated carbocycles. The Labute approximate surface area is 117 Å². The molecule has 0 aliphatic carbocycles. The van der Waals surface area contributed by atoms with Gasteiger partial charge in [-0.2, -0.15) is 5.10 Å². The first-order valence-corrected chi connectivity index (χ1v) is 7.41. The van der Waals surface area contributed by atoms with Gasteiger partial charge < -0.3 is 5.73 Å². The van der Waals surface area contributed by atoms with Crippen molar-refractivity contribution in [3.63, 3.8) is 0 Å². The molecule has 2 aromatic rings. The Morgan fingerprint density at radius 2 is 2.17 bits per heavy atom. The van der Waals surface area contributed by atoms with Crippen molar-refractivity contribution in [1.29, 1.82) is 0 Å². The number of nitrogens with zero attached hydrogens (tertiary/aromatic N) is 2. The summed E-state index contributed by atoms with van der Waals surface area (Å²) in [5.41, 5.74) is 8.27. The molecule has 3 nitrogen and oxygen atoms in total. The van der Waals surface area contributed by atoms with Crippen molar-refractivity contribution in [2.24, 2.45) is 5.73 Å². The average Bonchev–Trinajstić information content (AvgIpc) is 2.97. The average molecular weight is 284 g/mol. The van der Waals surface area contributed by atoms with Crippen LogP contribution in [0.5, 0.6) is 0 Å². The van der Waals surface area contributed by atoms with Crippen molar-refractivity contribution in [3.05, 3.63) is 38.8 Å². The molecule has 0 bridgehead atoms. The van der Waals surface area contributed by atoms with Crippen LogP contribution in [0.3, 0.4) is 0 Å². The number of rotatable bonds is 5. The molecule has 1 atom stereocenters. The molecule has 0 fully saturated rings. The Hall–Kier alpha value is -0.840. The Morgan fingerprint density at radius 1 is 1.39 bits per heavy atom. The first-order valence-electron chi connectivity index (χ1n) is 6.22. The molecular formula is C13H18ClN3S. The molecule has 0 radical (unpaired) electrons. The van der Waals surface area contributed by atoms with Gasteiger partial charge in [-0.15, -0.1) is 11.3 Å². The third-order valence-electron chi connectivity index (χ3n) is 3.03. The van der Waals surface area contributed by atoms with Crippen LogP contribution in [-0.4, -0.2) is 16.3 Å². The van der Waals surface area contributed by atoms with Gasteiger partial charge in [-0.1, -0.05) is 25.4 Å². The van der Waals surface area contributed by atoms with Gasteiger partial charge in [0, 0.05) is 17.1 Å². The van der Waals surface area contributed by atoms with Crippen LogP contribution in [-0.2, 0) is 12.8 Å². The van der Waals surface area contributed by atoms with E-state index in [9.17, 15) is 0 Å². The lowest BCUT2D eigenvalue weighted by Gasteiger charge is -2.16. The van der Waals surface area contributed by atoms with Crippen LogP contribution in [0.4, 0.5) is 0 Å². The summed E-state index contributed by atoms with van der Waals surface area (Å²) >= 11 is 7.58. The molecule has 2 heterocycles. The number of halogens is 1. The van der Waals surface area contributed by atoms with Gasteiger partial charge in [0.25, 0.3) is 0 Å². The maximum Gasteiger partial charge on any atom is 0.0985 e. The lowest BCUT2D eigenvalue weighted by Crippen LogP contribution is -2.22. The molecule has 18 heavy (non-hydrogen) atoms. The molecule has 2 aromatic heterocycles. The fourth-order valence-electron chi connectivity index (χ4n) is 2.04. The summed E-state index contributed by atoms with van der Waals surface area (Å²) in [7, 11) is 0. The summed E-state index contributed by atoms with van der Waals surface area (Å²) in [4.78, 5) is 1.17. The largest absolute Gasteiger partial charge is 0.328 e. The van der Waals surface area contributed by atoms with Crippen LogP contribution in [0.1, 0.15) is 36.2 Å². The second-order valence-corrected chi connectivity index (χ2v) is 5.92. The number of aryl methyl sites for hydroxylation is 2. The minimum absolute atomic E-state index is 0.0951. The van der Waals surface area contributed by atoms with Crippen LogP contribution in [0.25, 0.3) is 0 Å². The highest BCUT2D eigenvalue weighted by molar-refractivity contribution is 7.16. The number of nitrogens with two attached hydrogens (primary N) is 1. The molecule has 98 valence electrons. The summed E-state index contributed by atoms with van der Waals surface area (Å²) < 4.78 is 2.85. The molecule has 1 unspecified atom stereocenters. The van der Waals surface area contributed by atoms with E-state index in [0.29, 0.717) is 6.54 Å². The predicted octanol–water partition coefficient (Wildman–Crippen LogP) is 3.27. The number of hydrogen-bond donors (Lipinski definition) is 1. The smallest absolute Gasteiger partial charge is 0.0985 e. The zero-order chi connectivity index (χ0) is 13.1. The minimum atomic E-state index is 0.0951. The van der Waals surface area contributed by atoms with Gasteiger partial charge in [0.15, 0.2) is 0 Å². The summed E-state index contributed by atoms with van der Waals surface area (Å²) in [5, 5.41) is 4.66. The normalized spacial score (nSPS) is 12.9. The molecular weight excluding hydrogens is 266 g/mol. The van der Waals surface area contributed by atoms with Crippen molar-refractivity contribution in [2.75, 3.05) is 6.54 Å². The molecule has 5 heteroatoms. The monoisotopic (exact) mass is 283 g/mol. The van der Waals surface area contributed by atoms with Crippen molar-refractivity contribution in [1.82, 2.24) is 9.78 Å². The highest BCUT2D eigenvalue weighted by Crippen LogP contribution is 2.29. The molecule has 0 amide bonds. The van der Waals surface area contributed by atoms with Gasteiger partial charge in [0.05, 0.1) is 16.1 Å². The predicted molar refractivity (Wildman–Crippen MR) is 77.5 cm³/mol. The first-order chi connectivity index (χ1) is 8.69. The standard InChI is InChI=1S/C13H18ClN3S/c1-3-9-7-10(4-2)17(16-9)11(8-15)12-5-6-13(14)18-12/h5-7,11H,3-4,8,15H2,1-2H3. The second-order valence-electron chi connectivity index (χ2n) is 4.17. The summed E-state index contributed by atoms with van der Waals surface area (Å²) in [6, 6.07) is 6.22. The van der Waals surface area contributed by atoms with Crippen LogP contribution in [0.15, 0.2) is 18.2 Å².